The van der Waals surface area contributed by atoms with Gasteiger partial charge in [-0.25, -0.2) is 17.5 Å². The van der Waals surface area contributed by atoms with E-state index >= 15 is 0 Å². The van der Waals surface area contributed by atoms with Crippen molar-refractivity contribution in [3.63, 3.8) is 0 Å². The Morgan fingerprint density at radius 1 is 1.13 bits per heavy atom. The summed E-state index contributed by atoms with van der Waals surface area (Å²) >= 11 is 0. The summed E-state index contributed by atoms with van der Waals surface area (Å²) in [6.07, 6.45) is 1.29. The molecule has 23 heavy (non-hydrogen) atoms. The van der Waals surface area contributed by atoms with Crippen LogP contribution in [0.25, 0.3) is 11.0 Å². The summed E-state index contributed by atoms with van der Waals surface area (Å²) in [5, 5.41) is -0.394. The number of aromatic amines is 1. The van der Waals surface area contributed by atoms with Crippen LogP contribution in [0.2, 0.25) is 0 Å². The predicted molar refractivity (Wildman–Crippen MR) is 85.9 cm³/mol. The number of aromatic nitrogens is 2. The number of nitrogens with zero attached hydrogens (tertiary/aromatic N) is 2. The molecule has 3 heterocycles. The minimum absolute atomic E-state index is 0.0303. The van der Waals surface area contributed by atoms with Crippen LogP contribution >= 0.6 is 0 Å². The molecule has 0 amide bonds. The number of rotatable bonds is 3. The SMILES string of the molecule is O=c1[nH]c2ccccc2n1C1CCN(S(=O)(=O)C2COC2)CC1. The Bertz CT molecular complexity index is 874. The van der Waals surface area contributed by atoms with Gasteiger partial charge < -0.3 is 9.72 Å². The molecule has 7 nitrogen and oxygen atoms in total. The molecule has 8 heteroatoms. The van der Waals surface area contributed by atoms with Gasteiger partial charge in [0, 0.05) is 19.1 Å². The lowest BCUT2D eigenvalue weighted by atomic mass is 10.1. The van der Waals surface area contributed by atoms with Crippen LogP contribution < -0.4 is 5.69 Å². The third-order valence-electron chi connectivity index (χ3n) is 4.80. The number of hydrogen-bond acceptors (Lipinski definition) is 4. The molecule has 2 saturated heterocycles. The molecule has 2 fully saturated rings. The Labute approximate surface area is 133 Å². The Balaban J connectivity index is 1.55. The molecule has 1 aromatic heterocycles. The molecular formula is C15H19N3O4S. The van der Waals surface area contributed by atoms with Gasteiger partial charge in [-0.3, -0.25) is 4.57 Å². The van der Waals surface area contributed by atoms with Crippen molar-refractivity contribution in [2.24, 2.45) is 0 Å². The summed E-state index contributed by atoms with van der Waals surface area (Å²) in [5.74, 6) is 0. The van der Waals surface area contributed by atoms with Crippen LogP contribution in [0.1, 0.15) is 18.9 Å². The number of para-hydroxylation sites is 2. The van der Waals surface area contributed by atoms with E-state index in [0.717, 1.165) is 11.0 Å². The highest BCUT2D eigenvalue weighted by Crippen LogP contribution is 2.28. The number of benzene rings is 1. The van der Waals surface area contributed by atoms with Crippen molar-refractivity contribution in [3.05, 3.63) is 34.7 Å². The quantitative estimate of drug-likeness (QED) is 0.893. The maximum atomic E-state index is 12.4. The first-order chi connectivity index (χ1) is 11.1. The fourth-order valence-electron chi connectivity index (χ4n) is 3.39. The van der Waals surface area contributed by atoms with E-state index in [1.807, 2.05) is 24.3 Å². The first-order valence-corrected chi connectivity index (χ1v) is 9.33. The lowest BCUT2D eigenvalue weighted by Crippen LogP contribution is -2.51. The van der Waals surface area contributed by atoms with E-state index in [1.54, 1.807) is 8.87 Å². The Kier molecular flexibility index (Phi) is 3.55. The number of fused-ring (bicyclic) bond motifs is 1. The lowest BCUT2D eigenvalue weighted by molar-refractivity contribution is 0.0386. The maximum Gasteiger partial charge on any atom is 0.326 e. The van der Waals surface area contributed by atoms with Gasteiger partial charge in [-0.15, -0.1) is 0 Å². The summed E-state index contributed by atoms with van der Waals surface area (Å²) in [7, 11) is -3.26. The van der Waals surface area contributed by atoms with Crippen LogP contribution in [-0.2, 0) is 14.8 Å². The number of sulfonamides is 1. The van der Waals surface area contributed by atoms with E-state index in [1.165, 1.54) is 0 Å². The minimum atomic E-state index is -3.26. The highest BCUT2D eigenvalue weighted by atomic mass is 32.2. The van der Waals surface area contributed by atoms with E-state index < -0.39 is 15.3 Å². The van der Waals surface area contributed by atoms with Crippen LogP contribution in [0.15, 0.2) is 29.1 Å². The molecule has 0 saturated carbocycles. The van der Waals surface area contributed by atoms with Gasteiger partial charge in [0.2, 0.25) is 10.0 Å². The molecule has 0 radical (unpaired) electrons. The average molecular weight is 337 g/mol. The van der Waals surface area contributed by atoms with Crippen LogP contribution in [-0.4, -0.2) is 53.8 Å². The number of piperidine rings is 1. The van der Waals surface area contributed by atoms with Crippen molar-refractivity contribution < 1.29 is 13.2 Å². The summed E-state index contributed by atoms with van der Waals surface area (Å²) in [6.45, 7) is 1.50. The van der Waals surface area contributed by atoms with Gasteiger partial charge in [0.25, 0.3) is 0 Å². The van der Waals surface area contributed by atoms with Crippen molar-refractivity contribution >= 4 is 21.1 Å². The molecule has 2 aliphatic heterocycles. The third kappa shape index (κ3) is 2.41. The van der Waals surface area contributed by atoms with Gasteiger partial charge in [-0.1, -0.05) is 12.1 Å². The van der Waals surface area contributed by atoms with Crippen molar-refractivity contribution in [2.75, 3.05) is 26.3 Å². The van der Waals surface area contributed by atoms with E-state index in [0.29, 0.717) is 39.1 Å². The second-order valence-electron chi connectivity index (χ2n) is 6.15. The molecule has 0 aliphatic carbocycles. The summed E-state index contributed by atoms with van der Waals surface area (Å²) in [6, 6.07) is 7.62. The average Bonchev–Trinajstić information content (AvgIpc) is 2.81. The van der Waals surface area contributed by atoms with Crippen molar-refractivity contribution in [3.8, 4) is 0 Å². The smallest absolute Gasteiger partial charge is 0.326 e. The van der Waals surface area contributed by atoms with Crippen molar-refractivity contribution in [1.82, 2.24) is 13.9 Å². The van der Waals surface area contributed by atoms with Crippen LogP contribution in [0.5, 0.6) is 0 Å². The van der Waals surface area contributed by atoms with Gasteiger partial charge in [0.15, 0.2) is 0 Å². The number of imidazole rings is 1. The second kappa shape index (κ2) is 5.47. The molecule has 0 bridgehead atoms. The lowest BCUT2D eigenvalue weighted by Gasteiger charge is -2.36. The van der Waals surface area contributed by atoms with E-state index in [2.05, 4.69) is 4.98 Å². The molecule has 0 atom stereocenters. The van der Waals surface area contributed by atoms with Gasteiger partial charge >= 0.3 is 5.69 Å². The maximum absolute atomic E-state index is 12.4. The van der Waals surface area contributed by atoms with E-state index in [4.69, 9.17) is 4.74 Å². The summed E-state index contributed by atoms with van der Waals surface area (Å²) in [5.41, 5.74) is 1.57. The molecule has 0 unspecified atom stereocenters. The molecule has 2 aliphatic rings. The fourth-order valence-corrected chi connectivity index (χ4v) is 5.07. The fraction of sp³-hybridized carbons (Fsp3) is 0.533. The van der Waals surface area contributed by atoms with Gasteiger partial charge in [-0.05, 0) is 25.0 Å². The zero-order valence-corrected chi connectivity index (χ0v) is 13.5. The largest absolute Gasteiger partial charge is 0.378 e. The first kappa shape index (κ1) is 14.9. The molecule has 124 valence electrons. The zero-order valence-electron chi connectivity index (χ0n) is 12.6. The van der Waals surface area contributed by atoms with E-state index in [-0.39, 0.29) is 11.7 Å². The molecule has 1 N–H and O–H groups in total. The number of H-pyrrole nitrogens is 1. The number of ether oxygens (including phenoxy) is 1. The van der Waals surface area contributed by atoms with Crippen LogP contribution in [0, 0.1) is 0 Å². The monoisotopic (exact) mass is 337 g/mol. The molecule has 1 aromatic carbocycles. The molecule has 4 rings (SSSR count). The van der Waals surface area contributed by atoms with Crippen molar-refractivity contribution in [1.29, 1.82) is 0 Å². The van der Waals surface area contributed by atoms with Gasteiger partial charge in [-0.2, -0.15) is 0 Å². The standard InChI is InChI=1S/C15H19N3O4S/c19-15-16-13-3-1-2-4-14(13)18(15)11-5-7-17(8-6-11)23(20,21)12-9-22-10-12/h1-4,11-12H,5-10H2,(H,16,19). The van der Waals surface area contributed by atoms with Crippen LogP contribution in [0.4, 0.5) is 0 Å². The highest BCUT2D eigenvalue weighted by molar-refractivity contribution is 7.89. The number of nitrogens with one attached hydrogen (secondary N) is 1. The second-order valence-corrected chi connectivity index (χ2v) is 8.36. The van der Waals surface area contributed by atoms with Crippen molar-refractivity contribution in [2.45, 2.75) is 24.1 Å². The zero-order chi connectivity index (χ0) is 16.0. The van der Waals surface area contributed by atoms with E-state index in [9.17, 15) is 13.2 Å². The number of hydrogen-bond donors (Lipinski definition) is 1. The van der Waals surface area contributed by atoms with Gasteiger partial charge in [0.1, 0.15) is 5.25 Å². The van der Waals surface area contributed by atoms with Gasteiger partial charge in [0.05, 0.1) is 24.2 Å². The Morgan fingerprint density at radius 2 is 1.83 bits per heavy atom. The molecule has 0 spiro atoms. The molecular weight excluding hydrogens is 318 g/mol. The Morgan fingerprint density at radius 3 is 2.48 bits per heavy atom. The summed E-state index contributed by atoms with van der Waals surface area (Å²) < 4.78 is 33.1. The predicted octanol–water partition coefficient (Wildman–Crippen LogP) is 0.695. The normalized spacial score (nSPS) is 21.6. The summed E-state index contributed by atoms with van der Waals surface area (Å²) in [4.78, 5) is 15.1. The minimum Gasteiger partial charge on any atom is -0.378 e. The van der Waals surface area contributed by atoms with Crippen LogP contribution in [0.3, 0.4) is 0 Å². The third-order valence-corrected chi connectivity index (χ3v) is 7.00. The molecule has 2 aromatic rings. The highest BCUT2D eigenvalue weighted by Gasteiger charge is 2.39. The topological polar surface area (TPSA) is 84.4 Å². The first-order valence-electron chi connectivity index (χ1n) is 7.83. The Hall–Kier alpha value is -1.64.